The van der Waals surface area contributed by atoms with Crippen LogP contribution < -0.4 is 10.6 Å². The number of hydrogen-bond acceptors (Lipinski definition) is 5. The van der Waals surface area contributed by atoms with Crippen LogP contribution in [-0.4, -0.2) is 28.7 Å². The molecule has 0 aliphatic carbocycles. The Bertz CT molecular complexity index is 619. The van der Waals surface area contributed by atoms with Crippen LogP contribution in [-0.2, 0) is 4.79 Å². The van der Waals surface area contributed by atoms with Gasteiger partial charge in [0.05, 0.1) is 6.04 Å². The molecule has 0 spiro atoms. The summed E-state index contributed by atoms with van der Waals surface area (Å²) in [5.41, 5.74) is 2.21. The monoisotopic (exact) mass is 288 g/mol. The lowest BCUT2D eigenvalue weighted by molar-refractivity contribution is -0.117. The van der Waals surface area contributed by atoms with Crippen molar-refractivity contribution >= 4 is 22.4 Å². The summed E-state index contributed by atoms with van der Waals surface area (Å²) in [5.74, 6) is -0.0190. The Kier molecular flexibility index (Phi) is 3.75. The van der Waals surface area contributed by atoms with Crippen molar-refractivity contribution in [3.63, 3.8) is 0 Å². The average molecular weight is 288 g/mol. The number of nitrogens with zero attached hydrogens (tertiary/aromatic N) is 2. The summed E-state index contributed by atoms with van der Waals surface area (Å²) in [6, 6.07) is 8.00. The van der Waals surface area contributed by atoms with Gasteiger partial charge in [-0.3, -0.25) is 10.1 Å². The molecule has 1 aliphatic rings. The van der Waals surface area contributed by atoms with Gasteiger partial charge < -0.3 is 5.32 Å². The van der Waals surface area contributed by atoms with E-state index in [1.807, 2.05) is 25.1 Å². The van der Waals surface area contributed by atoms with E-state index >= 15 is 0 Å². The van der Waals surface area contributed by atoms with Crippen LogP contribution in [0.4, 0.5) is 5.13 Å². The first kappa shape index (κ1) is 13.2. The summed E-state index contributed by atoms with van der Waals surface area (Å²) in [6.45, 7) is 2.95. The molecular formula is C14H16N4OS. The fourth-order valence-corrected chi connectivity index (χ4v) is 3.01. The Morgan fingerprint density at radius 3 is 3.10 bits per heavy atom. The van der Waals surface area contributed by atoms with Crippen LogP contribution in [0.15, 0.2) is 24.3 Å². The molecule has 1 fully saturated rings. The second kappa shape index (κ2) is 5.68. The second-order valence-corrected chi connectivity index (χ2v) is 5.90. The van der Waals surface area contributed by atoms with Crippen LogP contribution >= 0.6 is 11.3 Å². The summed E-state index contributed by atoms with van der Waals surface area (Å²) in [6.07, 6.45) is 1.93. The normalized spacial score (nSPS) is 18.1. The summed E-state index contributed by atoms with van der Waals surface area (Å²) >= 11 is 1.40. The van der Waals surface area contributed by atoms with Gasteiger partial charge in [0.15, 0.2) is 0 Å². The van der Waals surface area contributed by atoms with Crippen molar-refractivity contribution in [2.75, 3.05) is 11.9 Å². The van der Waals surface area contributed by atoms with Crippen LogP contribution in [0.5, 0.6) is 0 Å². The van der Waals surface area contributed by atoms with Gasteiger partial charge in [-0.1, -0.05) is 35.1 Å². The molecule has 104 valence electrons. The van der Waals surface area contributed by atoms with E-state index in [9.17, 15) is 4.79 Å². The molecule has 20 heavy (non-hydrogen) atoms. The highest BCUT2D eigenvalue weighted by molar-refractivity contribution is 7.18. The molecule has 0 saturated carbocycles. The molecule has 6 heteroatoms. The second-order valence-electron chi connectivity index (χ2n) is 4.92. The predicted molar refractivity (Wildman–Crippen MR) is 79.7 cm³/mol. The van der Waals surface area contributed by atoms with Gasteiger partial charge in [0.25, 0.3) is 0 Å². The number of aromatic nitrogens is 2. The maximum absolute atomic E-state index is 12.0. The zero-order chi connectivity index (χ0) is 13.9. The zero-order valence-electron chi connectivity index (χ0n) is 11.2. The van der Waals surface area contributed by atoms with E-state index in [1.165, 1.54) is 16.9 Å². The van der Waals surface area contributed by atoms with Gasteiger partial charge in [0.1, 0.15) is 5.01 Å². The Balaban J connectivity index is 1.72. The quantitative estimate of drug-likeness (QED) is 0.908. The van der Waals surface area contributed by atoms with Crippen molar-refractivity contribution in [3.8, 4) is 10.6 Å². The van der Waals surface area contributed by atoms with Gasteiger partial charge in [0, 0.05) is 5.56 Å². The summed E-state index contributed by atoms with van der Waals surface area (Å²) in [7, 11) is 0. The van der Waals surface area contributed by atoms with Crippen LogP contribution in [0.2, 0.25) is 0 Å². The molecule has 2 heterocycles. The maximum Gasteiger partial charge on any atom is 0.243 e. The standard InChI is InChI=1S/C14H16N4OS/c1-9-4-2-5-10(8-9)13-17-18-14(20-13)16-12(19)11-6-3-7-15-11/h2,4-5,8,11,15H,3,6-7H2,1H3,(H,16,18,19)/t11-/m1/s1. The highest BCUT2D eigenvalue weighted by Gasteiger charge is 2.23. The molecule has 0 unspecified atom stereocenters. The van der Waals surface area contributed by atoms with Gasteiger partial charge in [-0.15, -0.1) is 10.2 Å². The van der Waals surface area contributed by atoms with E-state index in [0.717, 1.165) is 30.0 Å². The SMILES string of the molecule is Cc1cccc(-c2nnc(NC(=O)[C@H]3CCCN3)s2)c1. The zero-order valence-corrected chi connectivity index (χ0v) is 12.0. The molecule has 1 saturated heterocycles. The number of hydrogen-bond donors (Lipinski definition) is 2. The number of anilines is 1. The lowest BCUT2D eigenvalue weighted by Gasteiger charge is -2.07. The highest BCUT2D eigenvalue weighted by atomic mass is 32.1. The first-order valence-electron chi connectivity index (χ1n) is 6.67. The van der Waals surface area contributed by atoms with Gasteiger partial charge >= 0.3 is 0 Å². The van der Waals surface area contributed by atoms with E-state index in [4.69, 9.17) is 0 Å². The van der Waals surface area contributed by atoms with E-state index in [2.05, 4.69) is 26.9 Å². The van der Waals surface area contributed by atoms with Crippen molar-refractivity contribution < 1.29 is 4.79 Å². The van der Waals surface area contributed by atoms with E-state index in [-0.39, 0.29) is 11.9 Å². The smallest absolute Gasteiger partial charge is 0.243 e. The maximum atomic E-state index is 12.0. The molecule has 5 nitrogen and oxygen atoms in total. The fourth-order valence-electron chi connectivity index (χ4n) is 2.27. The Labute approximate surface area is 121 Å². The first-order valence-corrected chi connectivity index (χ1v) is 7.49. The van der Waals surface area contributed by atoms with Gasteiger partial charge in [0.2, 0.25) is 11.0 Å². The molecule has 2 N–H and O–H groups in total. The molecule has 1 aromatic heterocycles. The van der Waals surface area contributed by atoms with Crippen LogP contribution in [0.25, 0.3) is 10.6 Å². The van der Waals surface area contributed by atoms with E-state index in [0.29, 0.717) is 5.13 Å². The van der Waals surface area contributed by atoms with Crippen molar-refractivity contribution in [1.29, 1.82) is 0 Å². The molecule has 3 rings (SSSR count). The Morgan fingerprint density at radius 1 is 1.45 bits per heavy atom. The molecule has 0 bridgehead atoms. The minimum Gasteiger partial charge on any atom is -0.306 e. The lowest BCUT2D eigenvalue weighted by atomic mass is 10.1. The molecule has 0 radical (unpaired) electrons. The summed E-state index contributed by atoms with van der Waals surface area (Å²) < 4.78 is 0. The molecule has 2 aromatic rings. The lowest BCUT2D eigenvalue weighted by Crippen LogP contribution is -2.35. The molecule has 1 atom stereocenters. The first-order chi connectivity index (χ1) is 9.72. The van der Waals surface area contributed by atoms with E-state index < -0.39 is 0 Å². The number of carbonyl (C=O) groups is 1. The van der Waals surface area contributed by atoms with Crippen LogP contribution in [0.3, 0.4) is 0 Å². The number of amides is 1. The van der Waals surface area contributed by atoms with E-state index in [1.54, 1.807) is 0 Å². The number of benzene rings is 1. The van der Waals surface area contributed by atoms with Crippen LogP contribution in [0.1, 0.15) is 18.4 Å². The Hall–Kier alpha value is -1.79. The predicted octanol–water partition coefficient (Wildman–Crippen LogP) is 2.20. The number of aryl methyl sites for hydroxylation is 1. The van der Waals surface area contributed by atoms with Crippen molar-refractivity contribution in [2.24, 2.45) is 0 Å². The molecule has 1 amide bonds. The van der Waals surface area contributed by atoms with Crippen LogP contribution in [0, 0.1) is 6.92 Å². The Morgan fingerprint density at radius 2 is 2.35 bits per heavy atom. The van der Waals surface area contributed by atoms with Gasteiger partial charge in [-0.25, -0.2) is 0 Å². The third-order valence-electron chi connectivity index (χ3n) is 3.30. The minimum atomic E-state index is -0.0960. The third-order valence-corrected chi connectivity index (χ3v) is 4.18. The highest BCUT2D eigenvalue weighted by Crippen LogP contribution is 2.27. The number of nitrogens with one attached hydrogen (secondary N) is 2. The average Bonchev–Trinajstić information content (AvgIpc) is 3.10. The van der Waals surface area contributed by atoms with Crippen molar-refractivity contribution in [2.45, 2.75) is 25.8 Å². The van der Waals surface area contributed by atoms with Gasteiger partial charge in [-0.05, 0) is 32.4 Å². The number of rotatable bonds is 3. The minimum absolute atomic E-state index is 0.0190. The summed E-state index contributed by atoms with van der Waals surface area (Å²) in [5, 5.41) is 15.6. The topological polar surface area (TPSA) is 66.9 Å². The number of carbonyl (C=O) groups excluding carboxylic acids is 1. The van der Waals surface area contributed by atoms with Gasteiger partial charge in [-0.2, -0.15) is 0 Å². The molecule has 1 aromatic carbocycles. The third kappa shape index (κ3) is 2.86. The fraction of sp³-hybridized carbons (Fsp3) is 0.357. The largest absolute Gasteiger partial charge is 0.306 e. The van der Waals surface area contributed by atoms with Crippen molar-refractivity contribution in [3.05, 3.63) is 29.8 Å². The molecule has 1 aliphatic heterocycles. The summed E-state index contributed by atoms with van der Waals surface area (Å²) in [4.78, 5) is 12.0. The van der Waals surface area contributed by atoms with Crippen molar-refractivity contribution in [1.82, 2.24) is 15.5 Å². The molecular weight excluding hydrogens is 272 g/mol.